The Morgan fingerprint density at radius 1 is 1.26 bits per heavy atom. The lowest BCUT2D eigenvalue weighted by Gasteiger charge is -2.15. The number of benzene rings is 1. The predicted octanol–water partition coefficient (Wildman–Crippen LogP) is 4.72. The molecule has 3 aromatic rings. The van der Waals surface area contributed by atoms with Gasteiger partial charge in [-0.05, 0) is 36.6 Å². The van der Waals surface area contributed by atoms with Gasteiger partial charge in [0.2, 0.25) is 0 Å². The Morgan fingerprint density at radius 2 is 2.07 bits per heavy atom. The van der Waals surface area contributed by atoms with E-state index in [-0.39, 0.29) is 5.69 Å². The zero-order valence-electron chi connectivity index (χ0n) is 14.4. The molecule has 0 aliphatic rings. The SMILES string of the molecule is COc1ccc(Cl)cc1NC(=O)C(C)OC(=O)c1csc(-c2cccs2)n1. The summed E-state index contributed by atoms with van der Waals surface area (Å²) >= 11 is 8.83. The van der Waals surface area contributed by atoms with E-state index in [1.54, 1.807) is 23.6 Å². The van der Waals surface area contributed by atoms with Crippen molar-refractivity contribution in [2.24, 2.45) is 0 Å². The van der Waals surface area contributed by atoms with Gasteiger partial charge in [-0.15, -0.1) is 22.7 Å². The van der Waals surface area contributed by atoms with Crippen LogP contribution in [-0.2, 0) is 9.53 Å². The van der Waals surface area contributed by atoms with Crippen molar-refractivity contribution in [1.29, 1.82) is 0 Å². The van der Waals surface area contributed by atoms with Gasteiger partial charge in [0.05, 0.1) is 17.7 Å². The van der Waals surface area contributed by atoms with Crippen LogP contribution in [0.4, 0.5) is 5.69 Å². The number of rotatable bonds is 6. The molecular formula is C18H15ClN2O4S2. The average molecular weight is 423 g/mol. The van der Waals surface area contributed by atoms with E-state index in [1.807, 2.05) is 17.5 Å². The fourth-order valence-electron chi connectivity index (χ4n) is 2.17. The summed E-state index contributed by atoms with van der Waals surface area (Å²) in [6.45, 7) is 1.48. The van der Waals surface area contributed by atoms with Gasteiger partial charge in [0.25, 0.3) is 5.91 Å². The van der Waals surface area contributed by atoms with E-state index in [4.69, 9.17) is 21.1 Å². The van der Waals surface area contributed by atoms with Crippen molar-refractivity contribution in [2.45, 2.75) is 13.0 Å². The summed E-state index contributed by atoms with van der Waals surface area (Å²) in [5.41, 5.74) is 0.565. The Hall–Kier alpha value is -2.42. The first kappa shape index (κ1) is 19.3. The van der Waals surface area contributed by atoms with Gasteiger partial charge in [-0.1, -0.05) is 17.7 Å². The Balaban J connectivity index is 1.64. The summed E-state index contributed by atoms with van der Waals surface area (Å²) in [5.74, 6) is -0.709. The monoisotopic (exact) mass is 422 g/mol. The molecule has 2 aromatic heterocycles. The van der Waals surface area contributed by atoms with Crippen LogP contribution in [0.1, 0.15) is 17.4 Å². The van der Waals surface area contributed by atoms with Crippen LogP contribution in [0, 0.1) is 0 Å². The topological polar surface area (TPSA) is 77.5 Å². The minimum absolute atomic E-state index is 0.170. The van der Waals surface area contributed by atoms with Crippen LogP contribution in [0.2, 0.25) is 5.02 Å². The maximum Gasteiger partial charge on any atom is 0.358 e. The van der Waals surface area contributed by atoms with Gasteiger partial charge in [-0.2, -0.15) is 0 Å². The largest absolute Gasteiger partial charge is 0.495 e. The zero-order chi connectivity index (χ0) is 19.4. The summed E-state index contributed by atoms with van der Waals surface area (Å²) in [4.78, 5) is 29.9. The average Bonchev–Trinajstić information content (AvgIpc) is 3.33. The van der Waals surface area contributed by atoms with Gasteiger partial charge in [-0.25, -0.2) is 9.78 Å². The highest BCUT2D eigenvalue weighted by Crippen LogP contribution is 2.29. The minimum Gasteiger partial charge on any atom is -0.495 e. The molecule has 0 aliphatic heterocycles. The third-order valence-electron chi connectivity index (χ3n) is 3.52. The van der Waals surface area contributed by atoms with E-state index in [2.05, 4.69) is 10.3 Å². The molecule has 1 N–H and O–H groups in total. The normalized spacial score (nSPS) is 11.7. The van der Waals surface area contributed by atoms with Crippen LogP contribution < -0.4 is 10.1 Å². The highest BCUT2D eigenvalue weighted by Gasteiger charge is 2.22. The molecular weight excluding hydrogens is 408 g/mol. The molecule has 1 aromatic carbocycles. The Labute approximate surface area is 168 Å². The van der Waals surface area contributed by atoms with Crippen LogP contribution in [-0.4, -0.2) is 30.1 Å². The van der Waals surface area contributed by atoms with Crippen molar-refractivity contribution in [3.63, 3.8) is 0 Å². The second-order valence-corrected chi connectivity index (χ2v) is 7.64. The number of halogens is 1. The number of thiophene rings is 1. The second kappa shape index (κ2) is 8.51. The molecule has 1 atom stereocenters. The van der Waals surface area contributed by atoms with Gasteiger partial charge in [0.15, 0.2) is 11.8 Å². The number of anilines is 1. The van der Waals surface area contributed by atoms with Gasteiger partial charge in [0, 0.05) is 10.4 Å². The molecule has 2 heterocycles. The fraction of sp³-hybridized carbons (Fsp3) is 0.167. The summed E-state index contributed by atoms with van der Waals surface area (Å²) < 4.78 is 10.4. The molecule has 140 valence electrons. The molecule has 27 heavy (non-hydrogen) atoms. The number of ether oxygens (including phenoxy) is 2. The van der Waals surface area contributed by atoms with Crippen molar-refractivity contribution in [2.75, 3.05) is 12.4 Å². The summed E-state index contributed by atoms with van der Waals surface area (Å²) in [6, 6.07) is 8.67. The number of nitrogens with one attached hydrogen (secondary N) is 1. The van der Waals surface area contributed by atoms with E-state index in [1.165, 1.54) is 36.7 Å². The van der Waals surface area contributed by atoms with E-state index >= 15 is 0 Å². The number of carbonyl (C=O) groups excluding carboxylic acids is 2. The van der Waals surface area contributed by atoms with Gasteiger partial charge >= 0.3 is 5.97 Å². The number of methoxy groups -OCH3 is 1. The maximum atomic E-state index is 12.3. The number of esters is 1. The molecule has 0 fully saturated rings. The molecule has 1 unspecified atom stereocenters. The summed E-state index contributed by atoms with van der Waals surface area (Å²) in [7, 11) is 1.48. The number of hydrogen-bond donors (Lipinski definition) is 1. The number of nitrogens with zero attached hydrogens (tertiary/aromatic N) is 1. The van der Waals surface area contributed by atoms with Crippen LogP contribution in [0.25, 0.3) is 9.88 Å². The van der Waals surface area contributed by atoms with Crippen LogP contribution >= 0.6 is 34.3 Å². The smallest absolute Gasteiger partial charge is 0.358 e. The van der Waals surface area contributed by atoms with Crippen molar-refractivity contribution < 1.29 is 19.1 Å². The van der Waals surface area contributed by atoms with E-state index in [0.29, 0.717) is 16.5 Å². The first-order valence-electron chi connectivity index (χ1n) is 7.82. The quantitative estimate of drug-likeness (QED) is 0.581. The molecule has 1 amide bonds. The molecule has 0 radical (unpaired) electrons. The van der Waals surface area contributed by atoms with Gasteiger partial charge in [0.1, 0.15) is 10.8 Å². The molecule has 3 rings (SSSR count). The summed E-state index contributed by atoms with van der Waals surface area (Å²) in [5, 5.41) is 7.37. The zero-order valence-corrected chi connectivity index (χ0v) is 16.8. The predicted molar refractivity (Wildman–Crippen MR) is 107 cm³/mol. The lowest BCUT2D eigenvalue weighted by molar-refractivity contribution is -0.123. The number of carbonyl (C=O) groups is 2. The molecule has 0 saturated heterocycles. The van der Waals surface area contributed by atoms with Crippen molar-refractivity contribution in [1.82, 2.24) is 4.98 Å². The minimum atomic E-state index is -1.02. The third-order valence-corrected chi connectivity index (χ3v) is 5.63. The van der Waals surface area contributed by atoms with Crippen LogP contribution in [0.15, 0.2) is 41.1 Å². The molecule has 6 nitrogen and oxygen atoms in total. The van der Waals surface area contributed by atoms with Crippen molar-refractivity contribution in [3.8, 4) is 15.6 Å². The van der Waals surface area contributed by atoms with E-state index < -0.39 is 18.0 Å². The lowest BCUT2D eigenvalue weighted by atomic mass is 10.2. The van der Waals surface area contributed by atoms with E-state index in [0.717, 1.165) is 9.88 Å². The van der Waals surface area contributed by atoms with Crippen molar-refractivity contribution in [3.05, 3.63) is 51.8 Å². The number of thiazole rings is 1. The lowest BCUT2D eigenvalue weighted by Crippen LogP contribution is -2.30. The molecule has 0 saturated carbocycles. The Morgan fingerprint density at radius 3 is 2.78 bits per heavy atom. The van der Waals surface area contributed by atoms with Gasteiger partial charge in [-0.3, -0.25) is 4.79 Å². The van der Waals surface area contributed by atoms with Crippen LogP contribution in [0.3, 0.4) is 0 Å². The number of hydrogen-bond acceptors (Lipinski definition) is 7. The summed E-state index contributed by atoms with van der Waals surface area (Å²) in [6.07, 6.45) is -1.02. The fourth-order valence-corrected chi connectivity index (χ4v) is 3.94. The molecule has 0 spiro atoms. The number of amides is 1. The highest BCUT2D eigenvalue weighted by atomic mass is 35.5. The first-order chi connectivity index (χ1) is 13.0. The third kappa shape index (κ3) is 4.65. The van der Waals surface area contributed by atoms with Crippen molar-refractivity contribution >= 4 is 51.8 Å². The standard InChI is InChI=1S/C18H15ClN2O4S2/c1-10(16(22)20-12-8-11(19)5-6-14(12)24-2)25-18(23)13-9-27-17(21-13)15-4-3-7-26-15/h3-10H,1-2H3,(H,20,22). The first-order valence-corrected chi connectivity index (χ1v) is 9.96. The molecule has 0 bridgehead atoms. The Bertz CT molecular complexity index is 956. The second-order valence-electron chi connectivity index (χ2n) is 5.40. The van der Waals surface area contributed by atoms with Gasteiger partial charge < -0.3 is 14.8 Å². The number of aromatic nitrogens is 1. The van der Waals surface area contributed by atoms with Crippen LogP contribution in [0.5, 0.6) is 5.75 Å². The highest BCUT2D eigenvalue weighted by molar-refractivity contribution is 7.20. The maximum absolute atomic E-state index is 12.3. The Kier molecular flexibility index (Phi) is 6.10. The van der Waals surface area contributed by atoms with E-state index in [9.17, 15) is 9.59 Å². The molecule has 9 heteroatoms. The molecule has 0 aliphatic carbocycles.